The summed E-state index contributed by atoms with van der Waals surface area (Å²) in [4.78, 5) is 12.6. The Labute approximate surface area is 131 Å². The van der Waals surface area contributed by atoms with E-state index in [-0.39, 0.29) is 28.2 Å². The zero-order chi connectivity index (χ0) is 15.8. The summed E-state index contributed by atoms with van der Waals surface area (Å²) in [5, 5.41) is 3.02. The fraction of sp³-hybridized carbons (Fsp3) is 0.562. The summed E-state index contributed by atoms with van der Waals surface area (Å²) in [7, 11) is -3.23. The highest BCUT2D eigenvalue weighted by atomic mass is 32.2. The molecule has 0 bridgehead atoms. The maximum atomic E-state index is 12.3. The van der Waals surface area contributed by atoms with Crippen LogP contribution in [-0.4, -0.2) is 38.3 Å². The molecule has 0 radical (unpaired) electrons. The van der Waals surface area contributed by atoms with Crippen LogP contribution in [0.5, 0.6) is 0 Å². The Morgan fingerprint density at radius 2 is 2.05 bits per heavy atom. The third-order valence-corrected chi connectivity index (χ3v) is 6.54. The van der Waals surface area contributed by atoms with E-state index in [1.165, 1.54) is 12.1 Å². The van der Waals surface area contributed by atoms with E-state index < -0.39 is 9.84 Å². The molecule has 1 aliphatic heterocycles. The molecule has 2 fully saturated rings. The molecule has 2 atom stereocenters. The molecule has 1 N–H and O–H groups in total. The third kappa shape index (κ3) is 2.65. The number of nitrogens with one attached hydrogen (secondary N) is 1. The van der Waals surface area contributed by atoms with Crippen molar-refractivity contribution in [1.82, 2.24) is 5.32 Å². The second-order valence-corrected chi connectivity index (χ2v) is 8.29. The lowest BCUT2D eigenvalue weighted by Gasteiger charge is -2.46. The number of carbonyl (C=O) groups is 1. The summed E-state index contributed by atoms with van der Waals surface area (Å²) in [5.41, 5.74) is 0.330. The molecular formula is C16H21NO4S. The number of sulfone groups is 1. The van der Waals surface area contributed by atoms with Gasteiger partial charge in [0.1, 0.15) is 0 Å². The van der Waals surface area contributed by atoms with E-state index in [1.807, 2.05) is 0 Å². The molecule has 1 heterocycles. The first-order valence-corrected chi connectivity index (χ1v) is 9.40. The predicted molar refractivity (Wildman–Crippen MR) is 82.6 cm³/mol. The lowest BCUT2D eigenvalue weighted by molar-refractivity contribution is -0.0831. The van der Waals surface area contributed by atoms with E-state index >= 15 is 0 Å². The lowest BCUT2D eigenvalue weighted by Crippen LogP contribution is -2.59. The Kier molecular flexibility index (Phi) is 3.99. The topological polar surface area (TPSA) is 72.5 Å². The standard InChI is InChI=1S/C16H21NO4S/c1-2-22(19,20)13-6-4-12(5-7-13)15(18)17-14-8-10-16(14)9-3-11-21-16/h4-7,14H,2-3,8-11H2,1H3,(H,17,18). The van der Waals surface area contributed by atoms with Crippen molar-refractivity contribution >= 4 is 15.7 Å². The minimum Gasteiger partial charge on any atom is -0.373 e. The molecule has 1 saturated heterocycles. The minimum absolute atomic E-state index is 0.0560. The molecule has 120 valence electrons. The Bertz CT molecular complexity index is 660. The highest BCUT2D eigenvalue weighted by Crippen LogP contribution is 2.43. The average molecular weight is 323 g/mol. The van der Waals surface area contributed by atoms with Gasteiger partial charge in [-0.2, -0.15) is 0 Å². The SMILES string of the molecule is CCS(=O)(=O)c1ccc(C(=O)NC2CCC23CCCO3)cc1. The second-order valence-electron chi connectivity index (χ2n) is 6.01. The van der Waals surface area contributed by atoms with Crippen LogP contribution in [0.3, 0.4) is 0 Å². The molecular weight excluding hydrogens is 302 g/mol. The zero-order valence-electron chi connectivity index (χ0n) is 12.7. The summed E-state index contributed by atoms with van der Waals surface area (Å²) in [5.74, 6) is -0.111. The monoisotopic (exact) mass is 323 g/mol. The van der Waals surface area contributed by atoms with Crippen LogP contribution in [-0.2, 0) is 14.6 Å². The number of ether oxygens (including phenoxy) is 1. The van der Waals surface area contributed by atoms with E-state index in [9.17, 15) is 13.2 Å². The van der Waals surface area contributed by atoms with Crippen LogP contribution >= 0.6 is 0 Å². The van der Waals surface area contributed by atoms with Crippen molar-refractivity contribution in [2.75, 3.05) is 12.4 Å². The summed E-state index contributed by atoms with van der Waals surface area (Å²) in [6, 6.07) is 6.20. The highest BCUT2D eigenvalue weighted by molar-refractivity contribution is 7.91. The van der Waals surface area contributed by atoms with Gasteiger partial charge >= 0.3 is 0 Å². The van der Waals surface area contributed by atoms with Gasteiger partial charge in [-0.05, 0) is 49.9 Å². The molecule has 2 aliphatic rings. The van der Waals surface area contributed by atoms with Gasteiger partial charge in [-0.1, -0.05) is 6.92 Å². The summed E-state index contributed by atoms with van der Waals surface area (Å²) < 4.78 is 29.3. The van der Waals surface area contributed by atoms with Crippen molar-refractivity contribution in [3.63, 3.8) is 0 Å². The number of rotatable bonds is 4. The zero-order valence-corrected chi connectivity index (χ0v) is 13.5. The van der Waals surface area contributed by atoms with Crippen molar-refractivity contribution < 1.29 is 17.9 Å². The molecule has 2 unspecified atom stereocenters. The number of hydrogen-bond donors (Lipinski definition) is 1. The van der Waals surface area contributed by atoms with Gasteiger partial charge in [0.2, 0.25) is 0 Å². The molecule has 0 aromatic heterocycles. The maximum absolute atomic E-state index is 12.3. The summed E-state index contributed by atoms with van der Waals surface area (Å²) >= 11 is 0. The summed E-state index contributed by atoms with van der Waals surface area (Å²) in [6.45, 7) is 2.38. The van der Waals surface area contributed by atoms with Crippen LogP contribution in [0.15, 0.2) is 29.2 Å². The van der Waals surface area contributed by atoms with Crippen molar-refractivity contribution in [3.8, 4) is 0 Å². The van der Waals surface area contributed by atoms with Gasteiger partial charge in [0.15, 0.2) is 9.84 Å². The largest absolute Gasteiger partial charge is 0.373 e. The van der Waals surface area contributed by atoms with E-state index in [1.54, 1.807) is 19.1 Å². The Hall–Kier alpha value is -1.40. The Balaban J connectivity index is 1.68. The molecule has 3 rings (SSSR count). The first-order chi connectivity index (χ1) is 10.5. The normalized spacial score (nSPS) is 27.6. The molecule has 5 nitrogen and oxygen atoms in total. The molecule has 1 aromatic rings. The van der Waals surface area contributed by atoms with Crippen LogP contribution in [0, 0.1) is 0 Å². The molecule has 22 heavy (non-hydrogen) atoms. The first-order valence-electron chi connectivity index (χ1n) is 7.74. The molecule has 1 amide bonds. The number of hydrogen-bond acceptors (Lipinski definition) is 4. The van der Waals surface area contributed by atoms with Crippen molar-refractivity contribution in [2.45, 2.75) is 49.1 Å². The predicted octanol–water partition coefficient (Wildman–Crippen LogP) is 1.92. The number of benzene rings is 1. The van der Waals surface area contributed by atoms with E-state index in [2.05, 4.69) is 5.32 Å². The van der Waals surface area contributed by atoms with Crippen LogP contribution in [0.25, 0.3) is 0 Å². The van der Waals surface area contributed by atoms with Crippen LogP contribution in [0.2, 0.25) is 0 Å². The maximum Gasteiger partial charge on any atom is 0.251 e. The quantitative estimate of drug-likeness (QED) is 0.919. The van der Waals surface area contributed by atoms with Gasteiger partial charge in [-0.25, -0.2) is 8.42 Å². The van der Waals surface area contributed by atoms with E-state index in [0.29, 0.717) is 5.56 Å². The van der Waals surface area contributed by atoms with E-state index in [4.69, 9.17) is 4.74 Å². The van der Waals surface area contributed by atoms with Gasteiger partial charge in [-0.15, -0.1) is 0 Å². The van der Waals surface area contributed by atoms with Gasteiger partial charge in [0.25, 0.3) is 5.91 Å². The molecule has 1 saturated carbocycles. The first kappa shape index (κ1) is 15.5. The number of amides is 1. The highest BCUT2D eigenvalue weighted by Gasteiger charge is 2.50. The molecule has 1 aliphatic carbocycles. The van der Waals surface area contributed by atoms with Crippen LogP contribution in [0.4, 0.5) is 0 Å². The molecule has 1 aromatic carbocycles. The van der Waals surface area contributed by atoms with Crippen LogP contribution in [0.1, 0.15) is 43.0 Å². The van der Waals surface area contributed by atoms with Crippen molar-refractivity contribution in [3.05, 3.63) is 29.8 Å². The van der Waals surface area contributed by atoms with E-state index in [0.717, 1.165) is 32.3 Å². The van der Waals surface area contributed by atoms with Gasteiger partial charge in [0, 0.05) is 12.2 Å². The smallest absolute Gasteiger partial charge is 0.251 e. The number of carbonyl (C=O) groups excluding carboxylic acids is 1. The fourth-order valence-electron chi connectivity index (χ4n) is 3.23. The van der Waals surface area contributed by atoms with Gasteiger partial charge in [-0.3, -0.25) is 4.79 Å². The van der Waals surface area contributed by atoms with Gasteiger partial charge in [0.05, 0.1) is 22.3 Å². The fourth-order valence-corrected chi connectivity index (χ4v) is 4.11. The third-order valence-electron chi connectivity index (χ3n) is 4.79. The molecule has 1 spiro atoms. The minimum atomic E-state index is -3.23. The second kappa shape index (κ2) is 5.66. The van der Waals surface area contributed by atoms with Gasteiger partial charge < -0.3 is 10.1 Å². The Morgan fingerprint density at radius 3 is 2.55 bits per heavy atom. The Morgan fingerprint density at radius 1 is 1.32 bits per heavy atom. The van der Waals surface area contributed by atoms with Crippen molar-refractivity contribution in [2.24, 2.45) is 0 Å². The van der Waals surface area contributed by atoms with Crippen LogP contribution < -0.4 is 5.32 Å². The molecule has 6 heteroatoms. The summed E-state index contributed by atoms with van der Waals surface area (Å²) in [6.07, 6.45) is 4.00. The van der Waals surface area contributed by atoms with Crippen molar-refractivity contribution in [1.29, 1.82) is 0 Å². The lowest BCUT2D eigenvalue weighted by atomic mass is 9.73. The average Bonchev–Trinajstić information content (AvgIpc) is 3.03.